The van der Waals surface area contributed by atoms with E-state index >= 15 is 0 Å². The van der Waals surface area contributed by atoms with Crippen molar-refractivity contribution in [1.29, 1.82) is 0 Å². The fraction of sp³-hybridized carbons (Fsp3) is 0.294. The van der Waals surface area contributed by atoms with E-state index in [0.717, 1.165) is 11.1 Å². The minimum absolute atomic E-state index is 0.0999. The fourth-order valence-corrected chi connectivity index (χ4v) is 2.69. The third-order valence-electron chi connectivity index (χ3n) is 3.34. The average Bonchev–Trinajstić information content (AvgIpc) is 2.37. The molecular formula is C17H20O2S. The molecule has 2 nitrogen and oxygen atoms in total. The maximum Gasteiger partial charge on any atom is 0.175 e. The SMILES string of the molecule is CC(C)(C)c1cccc(-c2ccc(S(C)(=O)=O)cc2)c1. The van der Waals surface area contributed by atoms with Gasteiger partial charge in [-0.3, -0.25) is 0 Å². The molecule has 2 rings (SSSR count). The Balaban J connectivity index is 2.43. The summed E-state index contributed by atoms with van der Waals surface area (Å²) in [7, 11) is -3.13. The minimum Gasteiger partial charge on any atom is -0.224 e. The zero-order valence-corrected chi connectivity index (χ0v) is 13.2. The first kappa shape index (κ1) is 14.8. The van der Waals surface area contributed by atoms with Gasteiger partial charge in [0.05, 0.1) is 4.90 Å². The van der Waals surface area contributed by atoms with E-state index in [1.54, 1.807) is 12.1 Å². The lowest BCUT2D eigenvalue weighted by atomic mass is 9.85. The molecular weight excluding hydrogens is 268 g/mol. The smallest absolute Gasteiger partial charge is 0.175 e. The van der Waals surface area contributed by atoms with Gasteiger partial charge in [0.1, 0.15) is 0 Å². The lowest BCUT2D eigenvalue weighted by molar-refractivity contribution is 0.590. The van der Waals surface area contributed by atoms with Crippen LogP contribution in [0.5, 0.6) is 0 Å². The first-order valence-corrected chi connectivity index (χ1v) is 8.48. The molecule has 0 aliphatic heterocycles. The molecule has 0 aromatic heterocycles. The van der Waals surface area contributed by atoms with Gasteiger partial charge in [-0.2, -0.15) is 0 Å². The van der Waals surface area contributed by atoms with Crippen LogP contribution in [0, 0.1) is 0 Å². The third kappa shape index (κ3) is 3.28. The Morgan fingerprint density at radius 3 is 1.95 bits per heavy atom. The van der Waals surface area contributed by atoms with E-state index in [1.807, 2.05) is 24.3 Å². The first-order valence-electron chi connectivity index (χ1n) is 6.59. The molecule has 2 aromatic rings. The normalized spacial score (nSPS) is 12.4. The van der Waals surface area contributed by atoms with E-state index in [0.29, 0.717) is 4.90 Å². The van der Waals surface area contributed by atoms with Crippen molar-refractivity contribution in [3.8, 4) is 11.1 Å². The summed E-state index contributed by atoms with van der Waals surface area (Å²) in [5.74, 6) is 0. The van der Waals surface area contributed by atoms with E-state index in [9.17, 15) is 8.42 Å². The molecule has 0 unspecified atom stereocenters. The molecule has 0 heterocycles. The molecule has 20 heavy (non-hydrogen) atoms. The molecule has 0 atom stereocenters. The van der Waals surface area contributed by atoms with Crippen LogP contribution in [0.15, 0.2) is 53.4 Å². The predicted molar refractivity (Wildman–Crippen MR) is 83.7 cm³/mol. The first-order chi connectivity index (χ1) is 9.18. The van der Waals surface area contributed by atoms with Crippen molar-refractivity contribution in [2.45, 2.75) is 31.1 Å². The van der Waals surface area contributed by atoms with Crippen LogP contribution in [0.2, 0.25) is 0 Å². The van der Waals surface area contributed by atoms with Crippen molar-refractivity contribution in [3.63, 3.8) is 0 Å². The Hall–Kier alpha value is -1.61. The Bertz CT molecular complexity index is 705. The van der Waals surface area contributed by atoms with Crippen LogP contribution in [0.4, 0.5) is 0 Å². The van der Waals surface area contributed by atoms with Gasteiger partial charge >= 0.3 is 0 Å². The Morgan fingerprint density at radius 2 is 1.45 bits per heavy atom. The second-order valence-corrected chi connectivity index (χ2v) is 8.14. The number of sulfone groups is 1. The Kier molecular flexibility index (Phi) is 3.74. The third-order valence-corrected chi connectivity index (χ3v) is 4.47. The Labute approximate surface area is 121 Å². The van der Waals surface area contributed by atoms with Crippen LogP contribution in [0.25, 0.3) is 11.1 Å². The maximum atomic E-state index is 11.5. The maximum absolute atomic E-state index is 11.5. The molecule has 0 spiro atoms. The van der Waals surface area contributed by atoms with Crippen LogP contribution in [-0.2, 0) is 15.3 Å². The lowest BCUT2D eigenvalue weighted by Crippen LogP contribution is -2.10. The van der Waals surface area contributed by atoms with Gasteiger partial charge in [-0.1, -0.05) is 57.2 Å². The summed E-state index contributed by atoms with van der Waals surface area (Å²) in [4.78, 5) is 0.355. The lowest BCUT2D eigenvalue weighted by Gasteiger charge is -2.19. The minimum atomic E-state index is -3.13. The van der Waals surface area contributed by atoms with Crippen molar-refractivity contribution < 1.29 is 8.42 Å². The van der Waals surface area contributed by atoms with Gasteiger partial charge in [-0.15, -0.1) is 0 Å². The molecule has 3 heteroatoms. The van der Waals surface area contributed by atoms with E-state index in [2.05, 4.69) is 32.9 Å². The zero-order valence-electron chi connectivity index (χ0n) is 12.3. The summed E-state index contributed by atoms with van der Waals surface area (Å²) >= 11 is 0. The van der Waals surface area contributed by atoms with Gasteiger partial charge in [0.15, 0.2) is 9.84 Å². The summed E-state index contributed by atoms with van der Waals surface area (Å²) in [6.45, 7) is 6.54. The van der Waals surface area contributed by atoms with Crippen molar-refractivity contribution in [2.24, 2.45) is 0 Å². The largest absolute Gasteiger partial charge is 0.224 e. The highest BCUT2D eigenvalue weighted by Crippen LogP contribution is 2.28. The van der Waals surface area contributed by atoms with Gasteiger partial charge < -0.3 is 0 Å². The van der Waals surface area contributed by atoms with Crippen molar-refractivity contribution in [3.05, 3.63) is 54.1 Å². The topological polar surface area (TPSA) is 34.1 Å². The average molecular weight is 288 g/mol. The summed E-state index contributed by atoms with van der Waals surface area (Å²) in [6.07, 6.45) is 1.22. The standard InChI is InChI=1S/C17H20O2S/c1-17(2,3)15-7-5-6-14(12-15)13-8-10-16(11-9-13)20(4,18)19/h5-12H,1-4H3. The molecule has 0 N–H and O–H groups in total. The number of hydrogen-bond acceptors (Lipinski definition) is 2. The molecule has 0 radical (unpaired) electrons. The number of hydrogen-bond donors (Lipinski definition) is 0. The monoisotopic (exact) mass is 288 g/mol. The van der Waals surface area contributed by atoms with Gasteiger partial charge in [-0.05, 0) is 34.2 Å². The second kappa shape index (κ2) is 5.06. The highest BCUT2D eigenvalue weighted by atomic mass is 32.2. The molecule has 0 fully saturated rings. The van der Waals surface area contributed by atoms with Crippen molar-refractivity contribution in [2.75, 3.05) is 6.26 Å². The van der Waals surface area contributed by atoms with E-state index in [1.165, 1.54) is 11.8 Å². The molecule has 0 saturated heterocycles. The Morgan fingerprint density at radius 1 is 0.850 bits per heavy atom. The molecule has 0 bridgehead atoms. The second-order valence-electron chi connectivity index (χ2n) is 6.13. The van der Waals surface area contributed by atoms with Crippen molar-refractivity contribution in [1.82, 2.24) is 0 Å². The van der Waals surface area contributed by atoms with Crippen LogP contribution in [0.3, 0.4) is 0 Å². The molecule has 0 amide bonds. The van der Waals surface area contributed by atoms with Gasteiger partial charge in [0.2, 0.25) is 0 Å². The van der Waals surface area contributed by atoms with Gasteiger partial charge in [-0.25, -0.2) is 8.42 Å². The van der Waals surface area contributed by atoms with Crippen LogP contribution >= 0.6 is 0 Å². The fourth-order valence-electron chi connectivity index (χ4n) is 2.06. The van der Waals surface area contributed by atoms with E-state index < -0.39 is 9.84 Å². The number of rotatable bonds is 2. The molecule has 0 aliphatic rings. The molecule has 2 aromatic carbocycles. The van der Waals surface area contributed by atoms with Crippen LogP contribution in [0.1, 0.15) is 26.3 Å². The van der Waals surface area contributed by atoms with E-state index in [4.69, 9.17) is 0 Å². The van der Waals surface area contributed by atoms with Gasteiger partial charge in [0, 0.05) is 6.26 Å². The summed E-state index contributed by atoms with van der Waals surface area (Å²) in [6, 6.07) is 15.4. The van der Waals surface area contributed by atoms with Crippen LogP contribution < -0.4 is 0 Å². The summed E-state index contributed by atoms with van der Waals surface area (Å²) in [5.41, 5.74) is 3.51. The summed E-state index contributed by atoms with van der Waals surface area (Å²) in [5, 5.41) is 0. The zero-order chi connectivity index (χ0) is 15.0. The quantitative estimate of drug-likeness (QED) is 0.835. The van der Waals surface area contributed by atoms with E-state index in [-0.39, 0.29) is 5.41 Å². The van der Waals surface area contributed by atoms with Crippen molar-refractivity contribution >= 4 is 9.84 Å². The molecule has 106 valence electrons. The predicted octanol–water partition coefficient (Wildman–Crippen LogP) is 4.05. The molecule has 0 aliphatic carbocycles. The highest BCUT2D eigenvalue weighted by molar-refractivity contribution is 7.90. The van der Waals surface area contributed by atoms with Crippen LogP contribution in [-0.4, -0.2) is 14.7 Å². The summed E-state index contributed by atoms with van der Waals surface area (Å²) < 4.78 is 22.9. The number of benzene rings is 2. The van der Waals surface area contributed by atoms with Gasteiger partial charge in [0.25, 0.3) is 0 Å². The highest BCUT2D eigenvalue weighted by Gasteiger charge is 2.14. The molecule has 0 saturated carbocycles.